The van der Waals surface area contributed by atoms with Gasteiger partial charge in [-0.15, -0.1) is 0 Å². The maximum atomic E-state index is 8.92. The van der Waals surface area contributed by atoms with Crippen molar-refractivity contribution >= 4 is 6.79 Å². The normalized spacial score (nSPS) is 16.9. The Balaban J connectivity index is 0.000000236. The van der Waals surface area contributed by atoms with Gasteiger partial charge in [0.25, 0.3) is 0 Å². The lowest BCUT2D eigenvalue weighted by atomic mass is 10.2. The minimum Gasteiger partial charge on any atom is -0.508 e. The summed E-state index contributed by atoms with van der Waals surface area (Å²) in [4.78, 5) is 8.00. The third-order valence-electron chi connectivity index (χ3n) is 1.62. The van der Waals surface area contributed by atoms with E-state index in [2.05, 4.69) is 6.92 Å². The standard InChI is InChI=1S/C7H8O.C3H6O.CH2O/c1-6-4-2-3-5-7(6)8;1-3-2-4-3;1-2/h2-5,8H,1H3;3H,2H2,1H3;1H2. The van der Waals surface area contributed by atoms with Gasteiger partial charge in [0.1, 0.15) is 12.5 Å². The topological polar surface area (TPSA) is 49.8 Å². The van der Waals surface area contributed by atoms with Crippen molar-refractivity contribution in [3.05, 3.63) is 29.8 Å². The zero-order chi connectivity index (χ0) is 11.0. The van der Waals surface area contributed by atoms with E-state index in [1.807, 2.05) is 31.9 Å². The van der Waals surface area contributed by atoms with E-state index >= 15 is 0 Å². The SMILES string of the molecule is C=O.CC1CO1.Cc1ccccc1O. The molecular weight excluding hydrogens is 180 g/mol. The van der Waals surface area contributed by atoms with Crippen LogP contribution in [0, 0.1) is 6.92 Å². The smallest absolute Gasteiger partial charge is 0.118 e. The number of phenols is 1. The summed E-state index contributed by atoms with van der Waals surface area (Å²) in [5, 5.41) is 8.92. The van der Waals surface area contributed by atoms with Gasteiger partial charge in [0, 0.05) is 0 Å². The van der Waals surface area contributed by atoms with Crippen LogP contribution >= 0.6 is 0 Å². The number of carbonyl (C=O) groups excluding carboxylic acids is 1. The van der Waals surface area contributed by atoms with Crippen LogP contribution in [-0.2, 0) is 9.53 Å². The first-order valence-electron chi connectivity index (χ1n) is 4.35. The largest absolute Gasteiger partial charge is 0.508 e. The van der Waals surface area contributed by atoms with E-state index in [0.29, 0.717) is 11.9 Å². The molecule has 1 atom stereocenters. The number of benzene rings is 1. The lowest BCUT2D eigenvalue weighted by Crippen LogP contribution is -1.68. The molecule has 14 heavy (non-hydrogen) atoms. The van der Waals surface area contributed by atoms with Gasteiger partial charge in [-0.05, 0) is 25.5 Å². The third-order valence-corrected chi connectivity index (χ3v) is 1.62. The van der Waals surface area contributed by atoms with Crippen LogP contribution in [0.15, 0.2) is 24.3 Å². The fourth-order valence-electron chi connectivity index (χ4n) is 0.660. The molecule has 0 amide bonds. The minimum atomic E-state index is 0.368. The highest BCUT2D eigenvalue weighted by Crippen LogP contribution is 2.12. The zero-order valence-corrected chi connectivity index (χ0v) is 8.56. The summed E-state index contributed by atoms with van der Waals surface area (Å²) in [5.74, 6) is 0.368. The Labute approximate surface area is 84.3 Å². The van der Waals surface area contributed by atoms with Gasteiger partial charge in [-0.25, -0.2) is 0 Å². The summed E-state index contributed by atoms with van der Waals surface area (Å²) in [6.07, 6.45) is 0.583. The molecule has 0 radical (unpaired) electrons. The number of aryl methyl sites for hydroxylation is 1. The molecular formula is C11H16O3. The fraction of sp³-hybridized carbons (Fsp3) is 0.364. The lowest BCUT2D eigenvalue weighted by molar-refractivity contribution is -0.0979. The molecule has 3 heteroatoms. The maximum Gasteiger partial charge on any atom is 0.118 e. The molecule has 0 aliphatic carbocycles. The van der Waals surface area contributed by atoms with Gasteiger partial charge in [0.05, 0.1) is 12.7 Å². The summed E-state index contributed by atoms with van der Waals surface area (Å²) >= 11 is 0. The lowest BCUT2D eigenvalue weighted by Gasteiger charge is -1.92. The molecule has 0 aromatic heterocycles. The van der Waals surface area contributed by atoms with Crippen molar-refractivity contribution in [1.29, 1.82) is 0 Å². The highest BCUT2D eigenvalue weighted by atomic mass is 16.6. The second-order valence-electron chi connectivity index (χ2n) is 2.93. The molecule has 1 N–H and O–H groups in total. The van der Waals surface area contributed by atoms with Gasteiger partial charge in [-0.2, -0.15) is 0 Å². The average molecular weight is 196 g/mol. The Kier molecular flexibility index (Phi) is 6.41. The number of ether oxygens (including phenoxy) is 1. The summed E-state index contributed by atoms with van der Waals surface area (Å²) < 4.78 is 4.71. The van der Waals surface area contributed by atoms with Crippen LogP contribution in [0.4, 0.5) is 0 Å². The first kappa shape index (κ1) is 12.7. The number of epoxide rings is 1. The minimum absolute atomic E-state index is 0.368. The first-order chi connectivity index (χ1) is 6.70. The molecule has 1 aliphatic heterocycles. The number of carbonyl (C=O) groups is 1. The van der Waals surface area contributed by atoms with E-state index in [1.165, 1.54) is 0 Å². The highest BCUT2D eigenvalue weighted by Gasteiger charge is 2.13. The second-order valence-corrected chi connectivity index (χ2v) is 2.93. The van der Waals surface area contributed by atoms with Crippen molar-refractivity contribution < 1.29 is 14.6 Å². The van der Waals surface area contributed by atoms with Crippen molar-refractivity contribution in [3.63, 3.8) is 0 Å². The Morgan fingerprint density at radius 1 is 1.43 bits per heavy atom. The predicted molar refractivity (Wildman–Crippen MR) is 55.4 cm³/mol. The summed E-state index contributed by atoms with van der Waals surface area (Å²) in [7, 11) is 0. The van der Waals surface area contributed by atoms with Gasteiger partial charge < -0.3 is 14.6 Å². The number of hydrogen-bond acceptors (Lipinski definition) is 3. The van der Waals surface area contributed by atoms with Crippen LogP contribution in [0.25, 0.3) is 0 Å². The van der Waals surface area contributed by atoms with Crippen molar-refractivity contribution in [3.8, 4) is 5.75 Å². The van der Waals surface area contributed by atoms with Gasteiger partial charge in [-0.3, -0.25) is 0 Å². The van der Waals surface area contributed by atoms with E-state index in [1.54, 1.807) is 6.07 Å². The van der Waals surface area contributed by atoms with E-state index in [0.717, 1.165) is 12.2 Å². The zero-order valence-electron chi connectivity index (χ0n) is 8.56. The highest BCUT2D eigenvalue weighted by molar-refractivity contribution is 5.29. The van der Waals surface area contributed by atoms with Crippen LogP contribution in [0.2, 0.25) is 0 Å². The van der Waals surface area contributed by atoms with E-state index in [-0.39, 0.29) is 0 Å². The van der Waals surface area contributed by atoms with E-state index in [9.17, 15) is 0 Å². The van der Waals surface area contributed by atoms with Gasteiger partial charge in [-0.1, -0.05) is 18.2 Å². The van der Waals surface area contributed by atoms with Crippen LogP contribution in [0.3, 0.4) is 0 Å². The van der Waals surface area contributed by atoms with Crippen LogP contribution in [-0.4, -0.2) is 24.6 Å². The van der Waals surface area contributed by atoms with Crippen molar-refractivity contribution in [2.45, 2.75) is 20.0 Å². The molecule has 0 saturated carbocycles. The molecule has 1 aliphatic rings. The van der Waals surface area contributed by atoms with Crippen molar-refractivity contribution in [2.75, 3.05) is 6.61 Å². The maximum absolute atomic E-state index is 8.92. The molecule has 3 nitrogen and oxygen atoms in total. The molecule has 1 saturated heterocycles. The Bertz CT molecular complexity index is 235. The molecule has 1 unspecified atom stereocenters. The third kappa shape index (κ3) is 6.20. The van der Waals surface area contributed by atoms with E-state index in [4.69, 9.17) is 14.6 Å². The van der Waals surface area contributed by atoms with Crippen LogP contribution in [0.5, 0.6) is 5.75 Å². The fourth-order valence-corrected chi connectivity index (χ4v) is 0.660. The van der Waals surface area contributed by atoms with Gasteiger partial charge in [0.15, 0.2) is 0 Å². The van der Waals surface area contributed by atoms with E-state index < -0.39 is 0 Å². The molecule has 1 fully saturated rings. The number of aromatic hydroxyl groups is 1. The van der Waals surface area contributed by atoms with Gasteiger partial charge >= 0.3 is 0 Å². The Morgan fingerprint density at radius 3 is 2.07 bits per heavy atom. The molecule has 1 aromatic rings. The Hall–Kier alpha value is -1.35. The molecule has 1 heterocycles. The number of phenolic OH excluding ortho intramolecular Hbond substituents is 1. The Morgan fingerprint density at radius 2 is 1.86 bits per heavy atom. The number of rotatable bonds is 0. The molecule has 78 valence electrons. The van der Waals surface area contributed by atoms with Crippen LogP contribution in [0.1, 0.15) is 12.5 Å². The first-order valence-corrected chi connectivity index (χ1v) is 4.35. The molecule has 0 spiro atoms. The number of para-hydroxylation sites is 1. The van der Waals surface area contributed by atoms with Crippen molar-refractivity contribution in [1.82, 2.24) is 0 Å². The number of hydrogen-bond donors (Lipinski definition) is 1. The summed E-state index contributed by atoms with van der Waals surface area (Å²) in [5.41, 5.74) is 0.924. The average Bonchev–Trinajstić information content (AvgIpc) is 2.98. The molecule has 2 rings (SSSR count). The van der Waals surface area contributed by atoms with Crippen LogP contribution < -0.4 is 0 Å². The summed E-state index contributed by atoms with van der Waals surface area (Å²) in [6.45, 7) is 6.91. The quantitative estimate of drug-likeness (QED) is 0.645. The van der Waals surface area contributed by atoms with Crippen molar-refractivity contribution in [2.24, 2.45) is 0 Å². The summed E-state index contributed by atoms with van der Waals surface area (Å²) in [6, 6.07) is 7.25. The monoisotopic (exact) mass is 196 g/mol. The molecule has 1 aromatic carbocycles. The van der Waals surface area contributed by atoms with Gasteiger partial charge in [0.2, 0.25) is 0 Å². The predicted octanol–water partition coefficient (Wildman–Crippen LogP) is 1.92. The molecule has 0 bridgehead atoms. The second kappa shape index (κ2) is 7.09.